The van der Waals surface area contributed by atoms with Crippen LogP contribution >= 0.6 is 0 Å². The summed E-state index contributed by atoms with van der Waals surface area (Å²) in [7, 11) is 3.47. The van der Waals surface area contributed by atoms with E-state index in [0.717, 1.165) is 24.2 Å². The van der Waals surface area contributed by atoms with Gasteiger partial charge in [0.05, 0.1) is 19.8 Å². The van der Waals surface area contributed by atoms with Gasteiger partial charge in [-0.05, 0) is 30.4 Å². The third kappa shape index (κ3) is 3.20. The minimum absolute atomic E-state index is 0.307. The van der Waals surface area contributed by atoms with Crippen LogP contribution in [0.15, 0.2) is 36.4 Å². The third-order valence-corrected chi connectivity index (χ3v) is 4.10. The van der Waals surface area contributed by atoms with E-state index in [-0.39, 0.29) is 0 Å². The largest absolute Gasteiger partial charge is 0.480 e. The highest BCUT2D eigenvalue weighted by Crippen LogP contribution is 2.42. The Bertz CT molecular complexity index is 613. The van der Waals surface area contributed by atoms with Crippen molar-refractivity contribution in [1.29, 1.82) is 0 Å². The second kappa shape index (κ2) is 6.75. The van der Waals surface area contributed by atoms with Crippen LogP contribution in [0.4, 0.5) is 5.82 Å². The van der Waals surface area contributed by atoms with Gasteiger partial charge >= 0.3 is 0 Å². The number of aromatic nitrogens is 2. The molecular weight excluding hydrogens is 278 g/mol. The number of methoxy groups -OCH3 is 1. The van der Waals surface area contributed by atoms with Gasteiger partial charge < -0.3 is 14.8 Å². The van der Waals surface area contributed by atoms with E-state index in [1.807, 2.05) is 31.3 Å². The maximum absolute atomic E-state index is 5.95. The number of anilines is 1. The maximum Gasteiger partial charge on any atom is 0.236 e. The van der Waals surface area contributed by atoms with E-state index in [4.69, 9.17) is 9.47 Å². The van der Waals surface area contributed by atoms with Crippen molar-refractivity contribution in [3.8, 4) is 5.88 Å². The molecule has 5 nitrogen and oxygen atoms in total. The van der Waals surface area contributed by atoms with Crippen LogP contribution in [-0.2, 0) is 11.3 Å². The molecular formula is C17H21N3O2. The van der Waals surface area contributed by atoms with E-state index in [1.54, 1.807) is 7.11 Å². The molecule has 3 rings (SSSR count). The average Bonchev–Trinajstić information content (AvgIpc) is 2.54. The lowest BCUT2D eigenvalue weighted by molar-refractivity contribution is -0.0211. The highest BCUT2D eigenvalue weighted by molar-refractivity contribution is 5.42. The number of nitrogens with one attached hydrogen (secondary N) is 1. The Morgan fingerprint density at radius 1 is 1.18 bits per heavy atom. The summed E-state index contributed by atoms with van der Waals surface area (Å²) in [6.45, 7) is 0.672. The first kappa shape index (κ1) is 14.8. The Labute approximate surface area is 130 Å². The molecule has 116 valence electrons. The molecule has 1 aliphatic rings. The van der Waals surface area contributed by atoms with Crippen molar-refractivity contribution in [2.24, 2.45) is 0 Å². The highest BCUT2D eigenvalue weighted by Gasteiger charge is 2.33. The van der Waals surface area contributed by atoms with E-state index >= 15 is 0 Å². The van der Waals surface area contributed by atoms with Crippen LogP contribution in [0.3, 0.4) is 0 Å². The summed E-state index contributed by atoms with van der Waals surface area (Å²) in [4.78, 5) is 0. The molecule has 0 unspecified atom stereocenters. The third-order valence-electron chi connectivity index (χ3n) is 4.10. The number of benzene rings is 1. The predicted octanol–water partition coefficient (Wildman–Crippen LogP) is 2.99. The molecule has 0 spiro atoms. The van der Waals surface area contributed by atoms with Gasteiger partial charge in [0, 0.05) is 12.6 Å². The first-order valence-electron chi connectivity index (χ1n) is 7.55. The van der Waals surface area contributed by atoms with Gasteiger partial charge in [-0.1, -0.05) is 30.3 Å². The Morgan fingerprint density at radius 2 is 1.95 bits per heavy atom. The number of hydrogen-bond acceptors (Lipinski definition) is 5. The van der Waals surface area contributed by atoms with Gasteiger partial charge in [-0.15, -0.1) is 10.2 Å². The minimum Gasteiger partial charge on any atom is -0.480 e. The fourth-order valence-corrected chi connectivity index (χ4v) is 2.71. The first-order chi connectivity index (χ1) is 10.8. The van der Waals surface area contributed by atoms with Crippen LogP contribution in [0.2, 0.25) is 0 Å². The van der Waals surface area contributed by atoms with E-state index < -0.39 is 0 Å². The maximum atomic E-state index is 5.95. The summed E-state index contributed by atoms with van der Waals surface area (Å²) in [5.74, 6) is 1.81. The van der Waals surface area contributed by atoms with Gasteiger partial charge in [0.25, 0.3) is 0 Å². The highest BCUT2D eigenvalue weighted by atomic mass is 16.5. The second-order valence-corrected chi connectivity index (χ2v) is 5.53. The Kier molecular flexibility index (Phi) is 4.53. The lowest BCUT2D eigenvalue weighted by Crippen LogP contribution is -2.30. The van der Waals surface area contributed by atoms with Gasteiger partial charge in [0.1, 0.15) is 5.82 Å². The van der Waals surface area contributed by atoms with Gasteiger partial charge in [0.2, 0.25) is 5.88 Å². The lowest BCUT2D eigenvalue weighted by Gasteiger charge is -2.35. The van der Waals surface area contributed by atoms with Gasteiger partial charge in [0.15, 0.2) is 0 Å². The molecule has 0 bridgehead atoms. The summed E-state index contributed by atoms with van der Waals surface area (Å²) >= 11 is 0. The number of rotatable bonds is 6. The van der Waals surface area contributed by atoms with Gasteiger partial charge in [-0.25, -0.2) is 0 Å². The van der Waals surface area contributed by atoms with Crippen LogP contribution in [0.25, 0.3) is 0 Å². The Hall–Kier alpha value is -2.14. The van der Waals surface area contributed by atoms with Gasteiger partial charge in [-0.3, -0.25) is 0 Å². The first-order valence-corrected chi connectivity index (χ1v) is 7.55. The zero-order valence-corrected chi connectivity index (χ0v) is 13.0. The standard InChI is InChI=1S/C17H21N3O2/c1-18-16-10-15(17(21-2)20-19-16)13-8-14(9-13)22-11-12-6-4-3-5-7-12/h3-7,10,13-14H,8-9,11H2,1-2H3,(H,18,19). The molecule has 0 atom stereocenters. The molecule has 1 saturated carbocycles. The van der Waals surface area contributed by atoms with Crippen molar-refractivity contribution < 1.29 is 9.47 Å². The lowest BCUT2D eigenvalue weighted by atomic mass is 9.78. The fourth-order valence-electron chi connectivity index (χ4n) is 2.71. The topological polar surface area (TPSA) is 56.3 Å². The summed E-state index contributed by atoms with van der Waals surface area (Å²) in [6.07, 6.45) is 2.30. The van der Waals surface area contributed by atoms with E-state index in [9.17, 15) is 0 Å². The van der Waals surface area contributed by atoms with Crippen LogP contribution < -0.4 is 10.1 Å². The molecule has 0 aliphatic heterocycles. The molecule has 0 amide bonds. The van der Waals surface area contributed by atoms with Crippen molar-refractivity contribution in [3.05, 3.63) is 47.5 Å². The fraction of sp³-hybridized carbons (Fsp3) is 0.412. The normalized spacial score (nSPS) is 20.3. The van der Waals surface area contributed by atoms with Crippen molar-refractivity contribution in [3.63, 3.8) is 0 Å². The summed E-state index contributed by atoms with van der Waals surface area (Å²) in [6, 6.07) is 12.3. The predicted molar refractivity (Wildman–Crippen MR) is 85.1 cm³/mol. The van der Waals surface area contributed by atoms with E-state index in [1.165, 1.54) is 5.56 Å². The molecule has 1 aromatic heterocycles. The van der Waals surface area contributed by atoms with Crippen molar-refractivity contribution in [1.82, 2.24) is 10.2 Å². The molecule has 1 N–H and O–H groups in total. The van der Waals surface area contributed by atoms with Crippen LogP contribution in [0, 0.1) is 0 Å². The molecule has 2 aromatic rings. The molecule has 5 heteroatoms. The van der Waals surface area contributed by atoms with Crippen LogP contribution in [0.1, 0.15) is 29.9 Å². The number of hydrogen-bond donors (Lipinski definition) is 1. The SMILES string of the molecule is CNc1cc(C2CC(OCc3ccccc3)C2)c(OC)nn1. The second-order valence-electron chi connectivity index (χ2n) is 5.53. The molecule has 1 aromatic carbocycles. The monoisotopic (exact) mass is 299 g/mol. The molecule has 0 saturated heterocycles. The Balaban J connectivity index is 1.56. The molecule has 1 heterocycles. The number of ether oxygens (including phenoxy) is 2. The average molecular weight is 299 g/mol. The van der Waals surface area contributed by atoms with E-state index in [2.05, 4.69) is 27.6 Å². The van der Waals surface area contributed by atoms with Crippen molar-refractivity contribution in [2.45, 2.75) is 31.5 Å². The van der Waals surface area contributed by atoms with Crippen LogP contribution in [-0.4, -0.2) is 30.5 Å². The minimum atomic E-state index is 0.307. The zero-order valence-electron chi connectivity index (χ0n) is 13.0. The molecule has 22 heavy (non-hydrogen) atoms. The van der Waals surface area contributed by atoms with Crippen molar-refractivity contribution in [2.75, 3.05) is 19.5 Å². The molecule has 1 aliphatic carbocycles. The van der Waals surface area contributed by atoms with Crippen LogP contribution in [0.5, 0.6) is 5.88 Å². The van der Waals surface area contributed by atoms with Gasteiger partial charge in [-0.2, -0.15) is 0 Å². The smallest absolute Gasteiger partial charge is 0.236 e. The summed E-state index contributed by atoms with van der Waals surface area (Å²) < 4.78 is 11.3. The Morgan fingerprint density at radius 3 is 2.64 bits per heavy atom. The summed E-state index contributed by atoms with van der Waals surface area (Å²) in [5, 5.41) is 11.2. The molecule has 1 fully saturated rings. The molecule has 0 radical (unpaired) electrons. The van der Waals surface area contributed by atoms with E-state index in [0.29, 0.717) is 24.5 Å². The quantitative estimate of drug-likeness (QED) is 0.888. The number of nitrogens with zero attached hydrogens (tertiary/aromatic N) is 2. The summed E-state index contributed by atoms with van der Waals surface area (Å²) in [5.41, 5.74) is 2.33. The van der Waals surface area contributed by atoms with Crippen molar-refractivity contribution >= 4 is 5.82 Å². The zero-order chi connectivity index (χ0) is 15.4.